The minimum atomic E-state index is -0.292. The Kier molecular flexibility index (Phi) is 4.77. The average molecular weight is 415 g/mol. The van der Waals surface area contributed by atoms with E-state index in [1.165, 1.54) is 17.4 Å². The van der Waals surface area contributed by atoms with E-state index in [2.05, 4.69) is 10.3 Å². The molecule has 0 spiro atoms. The van der Waals surface area contributed by atoms with Crippen LogP contribution in [0.5, 0.6) is 0 Å². The minimum absolute atomic E-state index is 0.0415. The van der Waals surface area contributed by atoms with E-state index in [4.69, 9.17) is 0 Å². The predicted molar refractivity (Wildman–Crippen MR) is 119 cm³/mol. The van der Waals surface area contributed by atoms with Gasteiger partial charge in [-0.2, -0.15) is 0 Å². The molecule has 5 rings (SSSR count). The first-order chi connectivity index (χ1) is 14.7. The topological polar surface area (TPSA) is 46.4 Å². The minimum Gasteiger partial charge on any atom is -0.326 e. The molecular formula is C24H18FN3OS. The molecular weight excluding hydrogens is 397 g/mol. The number of amides is 1. The van der Waals surface area contributed by atoms with Crippen molar-refractivity contribution in [2.24, 2.45) is 0 Å². The van der Waals surface area contributed by atoms with Crippen molar-refractivity contribution in [3.8, 4) is 11.3 Å². The van der Waals surface area contributed by atoms with Crippen LogP contribution in [0.2, 0.25) is 0 Å². The lowest BCUT2D eigenvalue weighted by atomic mass is 10.1. The Bertz CT molecular complexity index is 1370. The van der Waals surface area contributed by atoms with Gasteiger partial charge < -0.3 is 5.32 Å². The molecule has 0 saturated heterocycles. The highest BCUT2D eigenvalue weighted by molar-refractivity contribution is 7.15. The maximum absolute atomic E-state index is 14.1. The van der Waals surface area contributed by atoms with Crippen molar-refractivity contribution < 1.29 is 9.18 Å². The van der Waals surface area contributed by atoms with Crippen LogP contribution in [0.1, 0.15) is 12.1 Å². The molecule has 2 heterocycles. The lowest BCUT2D eigenvalue weighted by molar-refractivity contribution is -0.116. The lowest BCUT2D eigenvalue weighted by Gasteiger charge is -2.08. The number of benzene rings is 3. The zero-order chi connectivity index (χ0) is 20.5. The van der Waals surface area contributed by atoms with E-state index in [0.29, 0.717) is 24.1 Å². The third-order valence-corrected chi connectivity index (χ3v) is 5.99. The molecule has 0 unspecified atom stereocenters. The van der Waals surface area contributed by atoms with Crippen LogP contribution in [0.25, 0.3) is 27.0 Å². The molecule has 0 saturated carbocycles. The number of hydrogen-bond donors (Lipinski definition) is 1. The molecule has 30 heavy (non-hydrogen) atoms. The third kappa shape index (κ3) is 3.46. The van der Waals surface area contributed by atoms with Gasteiger partial charge in [0.1, 0.15) is 5.82 Å². The molecule has 5 aromatic rings. The van der Waals surface area contributed by atoms with Gasteiger partial charge in [0.15, 0.2) is 4.96 Å². The number of rotatable bonds is 5. The molecule has 6 heteroatoms. The number of halogens is 1. The van der Waals surface area contributed by atoms with Crippen molar-refractivity contribution in [1.82, 2.24) is 9.38 Å². The van der Waals surface area contributed by atoms with Gasteiger partial charge in [-0.15, -0.1) is 11.3 Å². The number of aromatic nitrogens is 2. The van der Waals surface area contributed by atoms with Gasteiger partial charge in [0.2, 0.25) is 5.91 Å². The molecule has 0 aliphatic rings. The summed E-state index contributed by atoms with van der Waals surface area (Å²) in [4.78, 5) is 17.9. The monoisotopic (exact) mass is 415 g/mol. The second-order valence-electron chi connectivity index (χ2n) is 7.06. The number of anilines is 1. The Morgan fingerprint density at radius 2 is 1.83 bits per heavy atom. The Hall–Kier alpha value is -3.51. The molecule has 0 aliphatic carbocycles. The normalized spacial score (nSPS) is 11.2. The van der Waals surface area contributed by atoms with E-state index < -0.39 is 0 Å². The van der Waals surface area contributed by atoms with Gasteiger partial charge in [-0.25, -0.2) is 9.37 Å². The lowest BCUT2D eigenvalue weighted by Crippen LogP contribution is -2.13. The summed E-state index contributed by atoms with van der Waals surface area (Å²) < 4.78 is 16.0. The van der Waals surface area contributed by atoms with Gasteiger partial charge in [0.25, 0.3) is 0 Å². The van der Waals surface area contributed by atoms with Gasteiger partial charge in [-0.05, 0) is 30.0 Å². The van der Waals surface area contributed by atoms with Crippen molar-refractivity contribution in [3.05, 3.63) is 89.8 Å². The zero-order valence-corrected chi connectivity index (χ0v) is 16.8. The van der Waals surface area contributed by atoms with Crippen molar-refractivity contribution in [3.63, 3.8) is 0 Å². The highest BCUT2D eigenvalue weighted by Gasteiger charge is 2.13. The SMILES string of the molecule is O=C(CCc1csc2nc(-c3ccccc3F)cn12)Nc1cccc2ccccc12. The number of carbonyl (C=O) groups is 1. The van der Waals surface area contributed by atoms with Crippen LogP contribution in [0.15, 0.2) is 78.3 Å². The Balaban J connectivity index is 1.32. The van der Waals surface area contributed by atoms with Gasteiger partial charge >= 0.3 is 0 Å². The van der Waals surface area contributed by atoms with Crippen LogP contribution in [0, 0.1) is 5.82 Å². The maximum atomic E-state index is 14.1. The van der Waals surface area contributed by atoms with Gasteiger partial charge in [-0.1, -0.05) is 48.5 Å². The first-order valence-electron chi connectivity index (χ1n) is 9.67. The van der Waals surface area contributed by atoms with E-state index >= 15 is 0 Å². The largest absolute Gasteiger partial charge is 0.326 e. The summed E-state index contributed by atoms with van der Waals surface area (Å²) in [5, 5.41) is 7.14. The third-order valence-electron chi connectivity index (χ3n) is 5.11. The van der Waals surface area contributed by atoms with E-state index in [-0.39, 0.29) is 11.7 Å². The van der Waals surface area contributed by atoms with E-state index in [1.807, 2.05) is 58.4 Å². The molecule has 2 aromatic heterocycles. The number of thiazole rings is 1. The number of hydrogen-bond acceptors (Lipinski definition) is 3. The molecule has 3 aromatic carbocycles. The Morgan fingerprint density at radius 3 is 2.73 bits per heavy atom. The van der Waals surface area contributed by atoms with Gasteiger partial charge in [-0.3, -0.25) is 9.20 Å². The molecule has 0 radical (unpaired) electrons. The summed E-state index contributed by atoms with van der Waals surface area (Å²) in [6.45, 7) is 0. The number of imidazole rings is 1. The summed E-state index contributed by atoms with van der Waals surface area (Å²) in [5.74, 6) is -0.334. The number of nitrogens with zero attached hydrogens (tertiary/aromatic N) is 2. The first-order valence-corrected chi connectivity index (χ1v) is 10.5. The fourth-order valence-electron chi connectivity index (χ4n) is 3.60. The Morgan fingerprint density at radius 1 is 1.03 bits per heavy atom. The smallest absolute Gasteiger partial charge is 0.224 e. The first kappa shape index (κ1) is 18.5. The molecule has 0 aliphatic heterocycles. The van der Waals surface area contributed by atoms with Gasteiger partial charge in [0.05, 0.1) is 5.69 Å². The fraction of sp³-hybridized carbons (Fsp3) is 0.0833. The van der Waals surface area contributed by atoms with Crippen LogP contribution < -0.4 is 5.32 Å². The van der Waals surface area contributed by atoms with Crippen molar-refractivity contribution in [1.29, 1.82) is 0 Å². The van der Waals surface area contributed by atoms with Crippen LogP contribution in [0.3, 0.4) is 0 Å². The van der Waals surface area contributed by atoms with Gasteiger partial charge in [0, 0.05) is 40.3 Å². The zero-order valence-electron chi connectivity index (χ0n) is 16.0. The van der Waals surface area contributed by atoms with E-state index in [1.54, 1.807) is 18.2 Å². The van der Waals surface area contributed by atoms with Crippen LogP contribution in [-0.2, 0) is 11.2 Å². The van der Waals surface area contributed by atoms with Crippen molar-refractivity contribution >= 4 is 38.7 Å². The highest BCUT2D eigenvalue weighted by atomic mass is 32.1. The second-order valence-corrected chi connectivity index (χ2v) is 7.90. The summed E-state index contributed by atoms with van der Waals surface area (Å²) in [7, 11) is 0. The van der Waals surface area contributed by atoms with Crippen LogP contribution in [-0.4, -0.2) is 15.3 Å². The molecule has 0 fully saturated rings. The quantitative estimate of drug-likeness (QED) is 0.387. The summed E-state index contributed by atoms with van der Waals surface area (Å²) >= 11 is 1.49. The fourth-order valence-corrected chi connectivity index (χ4v) is 4.50. The number of aryl methyl sites for hydroxylation is 1. The number of carbonyl (C=O) groups excluding carboxylic acids is 1. The number of fused-ring (bicyclic) bond motifs is 2. The summed E-state index contributed by atoms with van der Waals surface area (Å²) in [5.41, 5.74) is 2.88. The van der Waals surface area contributed by atoms with E-state index in [9.17, 15) is 9.18 Å². The summed E-state index contributed by atoms with van der Waals surface area (Å²) in [6.07, 6.45) is 2.76. The predicted octanol–water partition coefficient (Wildman–Crippen LogP) is 5.93. The standard InChI is InChI=1S/C24H18FN3OS/c25-20-10-4-3-9-19(20)22-14-28-17(15-30-24(28)27-22)12-13-23(29)26-21-11-5-7-16-6-1-2-8-18(16)21/h1-11,14-15H,12-13H2,(H,26,29). The summed E-state index contributed by atoms with van der Waals surface area (Å²) in [6, 6.07) is 20.5. The molecule has 1 N–H and O–H groups in total. The van der Waals surface area contributed by atoms with Crippen LogP contribution in [0.4, 0.5) is 10.1 Å². The average Bonchev–Trinajstić information content (AvgIpc) is 3.34. The van der Waals surface area contributed by atoms with Crippen LogP contribution >= 0.6 is 11.3 Å². The second kappa shape index (κ2) is 7.72. The Labute approximate surface area is 176 Å². The molecule has 148 valence electrons. The highest BCUT2D eigenvalue weighted by Crippen LogP contribution is 2.27. The van der Waals surface area contributed by atoms with Crippen molar-refractivity contribution in [2.45, 2.75) is 12.8 Å². The molecule has 1 amide bonds. The van der Waals surface area contributed by atoms with Crippen molar-refractivity contribution in [2.75, 3.05) is 5.32 Å². The molecule has 4 nitrogen and oxygen atoms in total. The molecule has 0 bridgehead atoms. The number of nitrogens with one attached hydrogen (secondary N) is 1. The molecule has 0 atom stereocenters. The van der Waals surface area contributed by atoms with E-state index in [0.717, 1.165) is 27.1 Å². The maximum Gasteiger partial charge on any atom is 0.224 e.